The maximum atomic E-state index is 13.0. The molecule has 5 nitrogen and oxygen atoms in total. The highest BCUT2D eigenvalue weighted by Gasteiger charge is 2.25. The lowest BCUT2D eigenvalue weighted by Gasteiger charge is -2.31. The molecule has 0 atom stereocenters. The summed E-state index contributed by atoms with van der Waals surface area (Å²) in [7, 11) is 0. The Morgan fingerprint density at radius 3 is 2.74 bits per heavy atom. The van der Waals surface area contributed by atoms with Gasteiger partial charge in [0.15, 0.2) is 0 Å². The number of piperidine rings is 1. The van der Waals surface area contributed by atoms with Crippen molar-refractivity contribution in [3.63, 3.8) is 0 Å². The Morgan fingerprint density at radius 2 is 1.97 bits per heavy atom. The number of thiazole rings is 1. The van der Waals surface area contributed by atoms with Crippen molar-refractivity contribution in [3.8, 4) is 10.9 Å². The number of aryl methyl sites for hydroxylation is 1. The number of rotatable bonds is 8. The molecule has 0 aliphatic carbocycles. The molecule has 6 heteroatoms. The largest absolute Gasteiger partial charge is 0.494 e. The first-order chi connectivity index (χ1) is 15.1. The summed E-state index contributed by atoms with van der Waals surface area (Å²) < 4.78 is 13.1. The quantitative estimate of drug-likeness (QED) is 0.414. The Labute approximate surface area is 188 Å². The third-order valence-corrected chi connectivity index (χ3v) is 6.61. The molecule has 0 saturated carbocycles. The Kier molecular flexibility index (Phi) is 7.07. The van der Waals surface area contributed by atoms with Gasteiger partial charge in [0.1, 0.15) is 11.9 Å². The van der Waals surface area contributed by atoms with E-state index in [9.17, 15) is 4.79 Å². The molecule has 0 radical (unpaired) electrons. The van der Waals surface area contributed by atoms with E-state index in [1.807, 2.05) is 29.2 Å². The number of amides is 1. The SMILES string of the molecule is CCCCCOc1cccc(C(=O)N2CCC(Oc3nc4c(C)cccc4s3)CC2)c1. The van der Waals surface area contributed by atoms with Gasteiger partial charge in [0.05, 0.1) is 16.8 Å². The minimum Gasteiger partial charge on any atom is -0.494 e. The maximum absolute atomic E-state index is 13.0. The second kappa shape index (κ2) is 10.1. The molecule has 1 aromatic heterocycles. The van der Waals surface area contributed by atoms with E-state index in [4.69, 9.17) is 9.47 Å². The smallest absolute Gasteiger partial charge is 0.274 e. The van der Waals surface area contributed by atoms with E-state index in [1.54, 1.807) is 11.3 Å². The van der Waals surface area contributed by atoms with E-state index < -0.39 is 0 Å². The van der Waals surface area contributed by atoms with Gasteiger partial charge in [0, 0.05) is 31.5 Å². The highest BCUT2D eigenvalue weighted by atomic mass is 32.1. The topological polar surface area (TPSA) is 51.7 Å². The second-order valence-corrected chi connectivity index (χ2v) is 9.09. The van der Waals surface area contributed by atoms with E-state index in [0.717, 1.165) is 46.8 Å². The molecule has 0 unspecified atom stereocenters. The number of hydrogen-bond donors (Lipinski definition) is 0. The Balaban J connectivity index is 1.31. The van der Waals surface area contributed by atoms with Crippen LogP contribution in [-0.4, -0.2) is 41.6 Å². The van der Waals surface area contributed by atoms with Gasteiger partial charge < -0.3 is 14.4 Å². The van der Waals surface area contributed by atoms with Crippen LogP contribution in [0.4, 0.5) is 0 Å². The molecule has 1 aliphatic rings. The summed E-state index contributed by atoms with van der Waals surface area (Å²) in [4.78, 5) is 19.5. The third-order valence-electron chi connectivity index (χ3n) is 5.70. The molecule has 1 saturated heterocycles. The van der Waals surface area contributed by atoms with E-state index in [1.165, 1.54) is 12.0 Å². The Morgan fingerprint density at radius 1 is 1.16 bits per heavy atom. The number of aromatic nitrogens is 1. The molecular formula is C25H30N2O3S. The average molecular weight is 439 g/mol. The van der Waals surface area contributed by atoms with Gasteiger partial charge in [-0.2, -0.15) is 0 Å². The van der Waals surface area contributed by atoms with Crippen LogP contribution in [-0.2, 0) is 0 Å². The first-order valence-electron chi connectivity index (χ1n) is 11.2. The Bertz CT molecular complexity index is 1020. The monoisotopic (exact) mass is 438 g/mol. The predicted octanol–water partition coefficient (Wildman–Crippen LogP) is 5.86. The van der Waals surface area contributed by atoms with Crippen LogP contribution < -0.4 is 9.47 Å². The van der Waals surface area contributed by atoms with Gasteiger partial charge >= 0.3 is 0 Å². The molecule has 0 N–H and O–H groups in total. The molecule has 0 bridgehead atoms. The number of nitrogens with zero attached hydrogens (tertiary/aromatic N) is 2. The lowest BCUT2D eigenvalue weighted by molar-refractivity contribution is 0.0595. The predicted molar refractivity (Wildman–Crippen MR) is 125 cm³/mol. The molecule has 4 rings (SSSR count). The molecule has 3 aromatic rings. The number of carbonyl (C=O) groups is 1. The first-order valence-corrected chi connectivity index (χ1v) is 12.0. The lowest BCUT2D eigenvalue weighted by Crippen LogP contribution is -2.41. The van der Waals surface area contributed by atoms with Crippen molar-refractivity contribution < 1.29 is 14.3 Å². The van der Waals surface area contributed by atoms with E-state index in [0.29, 0.717) is 25.3 Å². The summed E-state index contributed by atoms with van der Waals surface area (Å²) in [6, 6.07) is 13.7. The van der Waals surface area contributed by atoms with Crippen molar-refractivity contribution in [2.24, 2.45) is 0 Å². The highest BCUT2D eigenvalue weighted by molar-refractivity contribution is 7.20. The number of unbranched alkanes of at least 4 members (excludes halogenated alkanes) is 2. The molecule has 31 heavy (non-hydrogen) atoms. The lowest BCUT2D eigenvalue weighted by atomic mass is 10.1. The van der Waals surface area contributed by atoms with Crippen LogP contribution in [0.25, 0.3) is 10.2 Å². The van der Waals surface area contributed by atoms with Crippen LogP contribution in [0.15, 0.2) is 42.5 Å². The number of fused-ring (bicyclic) bond motifs is 1. The van der Waals surface area contributed by atoms with Gasteiger partial charge in [0.25, 0.3) is 11.1 Å². The van der Waals surface area contributed by atoms with Crippen molar-refractivity contribution in [3.05, 3.63) is 53.6 Å². The van der Waals surface area contributed by atoms with Crippen molar-refractivity contribution in [2.45, 2.75) is 52.1 Å². The number of carbonyl (C=O) groups excluding carboxylic acids is 1. The summed E-state index contributed by atoms with van der Waals surface area (Å²) in [5.41, 5.74) is 2.88. The summed E-state index contributed by atoms with van der Waals surface area (Å²) >= 11 is 1.59. The maximum Gasteiger partial charge on any atom is 0.274 e. The van der Waals surface area contributed by atoms with E-state index in [-0.39, 0.29) is 12.0 Å². The van der Waals surface area contributed by atoms with E-state index >= 15 is 0 Å². The van der Waals surface area contributed by atoms with Crippen LogP contribution >= 0.6 is 11.3 Å². The van der Waals surface area contributed by atoms with Crippen molar-refractivity contribution >= 4 is 27.5 Å². The van der Waals surface area contributed by atoms with E-state index in [2.05, 4.69) is 37.0 Å². The summed E-state index contributed by atoms with van der Waals surface area (Å²) in [5, 5.41) is 0.724. The van der Waals surface area contributed by atoms with Crippen molar-refractivity contribution in [2.75, 3.05) is 19.7 Å². The fraction of sp³-hybridized carbons (Fsp3) is 0.440. The van der Waals surface area contributed by atoms with Crippen LogP contribution in [0.3, 0.4) is 0 Å². The zero-order valence-electron chi connectivity index (χ0n) is 18.3. The van der Waals surface area contributed by atoms with Crippen LogP contribution in [0.5, 0.6) is 10.9 Å². The van der Waals surface area contributed by atoms with Gasteiger partial charge in [-0.25, -0.2) is 4.98 Å². The van der Waals surface area contributed by atoms with Crippen molar-refractivity contribution in [1.82, 2.24) is 9.88 Å². The van der Waals surface area contributed by atoms with Crippen LogP contribution in [0.1, 0.15) is 54.9 Å². The molecule has 2 aromatic carbocycles. The van der Waals surface area contributed by atoms with Gasteiger partial charge in [-0.3, -0.25) is 4.79 Å². The van der Waals surface area contributed by atoms with Gasteiger partial charge in [-0.15, -0.1) is 0 Å². The molecular weight excluding hydrogens is 408 g/mol. The summed E-state index contributed by atoms with van der Waals surface area (Å²) in [6.45, 7) is 6.32. The zero-order chi connectivity index (χ0) is 21.6. The number of likely N-dealkylation sites (tertiary alicyclic amines) is 1. The normalized spacial score (nSPS) is 14.7. The molecule has 164 valence electrons. The fourth-order valence-electron chi connectivity index (χ4n) is 3.88. The minimum absolute atomic E-state index is 0.0630. The first kappa shape index (κ1) is 21.6. The second-order valence-electron chi connectivity index (χ2n) is 8.09. The van der Waals surface area contributed by atoms with Crippen molar-refractivity contribution in [1.29, 1.82) is 0 Å². The molecule has 1 fully saturated rings. The summed E-state index contributed by atoms with van der Waals surface area (Å²) in [6.07, 6.45) is 5.09. The Hall–Kier alpha value is -2.60. The van der Waals surface area contributed by atoms with Crippen LogP contribution in [0, 0.1) is 6.92 Å². The fourth-order valence-corrected chi connectivity index (χ4v) is 4.84. The van der Waals surface area contributed by atoms with Gasteiger partial charge in [0.2, 0.25) is 0 Å². The number of benzene rings is 2. The van der Waals surface area contributed by atoms with Gasteiger partial charge in [-0.05, 0) is 43.2 Å². The standard InChI is InChI=1S/C25H30N2O3S/c1-3-4-5-16-29-21-10-7-9-19(17-21)24(28)27-14-12-20(13-15-27)30-25-26-23-18(2)8-6-11-22(23)31-25/h6-11,17,20H,3-5,12-16H2,1-2H3. The average Bonchev–Trinajstić information content (AvgIpc) is 3.21. The molecule has 2 heterocycles. The molecule has 0 spiro atoms. The molecule has 1 amide bonds. The third kappa shape index (κ3) is 5.37. The molecule has 1 aliphatic heterocycles. The number of para-hydroxylation sites is 1. The zero-order valence-corrected chi connectivity index (χ0v) is 19.1. The van der Waals surface area contributed by atoms with Crippen LogP contribution in [0.2, 0.25) is 0 Å². The highest BCUT2D eigenvalue weighted by Crippen LogP contribution is 2.31. The number of hydrogen-bond acceptors (Lipinski definition) is 5. The number of ether oxygens (including phenoxy) is 2. The summed E-state index contributed by atoms with van der Waals surface area (Å²) in [5.74, 6) is 0.833. The van der Waals surface area contributed by atoms with Gasteiger partial charge in [-0.1, -0.05) is 49.3 Å². The minimum atomic E-state index is 0.0630.